The molecule has 1 saturated heterocycles. The van der Waals surface area contributed by atoms with Crippen LogP contribution in [-0.2, 0) is 9.63 Å². The van der Waals surface area contributed by atoms with Gasteiger partial charge in [-0.1, -0.05) is 35.8 Å². The molecule has 0 aliphatic carbocycles. The minimum atomic E-state index is -0.596. The molecule has 1 fully saturated rings. The first kappa shape index (κ1) is 30.3. The number of amides is 1. The van der Waals surface area contributed by atoms with E-state index >= 15 is 0 Å². The maximum absolute atomic E-state index is 15.0. The van der Waals surface area contributed by atoms with Crippen LogP contribution in [0.3, 0.4) is 0 Å². The molecule has 10 nitrogen and oxygen atoms in total. The number of carbonyl (C=O) groups excluding carboxylic acids is 1. The molecule has 2 aromatic carbocycles. The Morgan fingerprint density at radius 3 is 2.71 bits per heavy atom. The lowest BCUT2D eigenvalue weighted by molar-refractivity contribution is -0.111. The maximum Gasteiger partial charge on any atom is 0.247 e. The third-order valence-corrected chi connectivity index (χ3v) is 7.31. The van der Waals surface area contributed by atoms with Crippen molar-refractivity contribution in [2.24, 2.45) is 0 Å². The van der Waals surface area contributed by atoms with Gasteiger partial charge in [-0.05, 0) is 32.3 Å². The average molecular weight is 605 g/mol. The van der Waals surface area contributed by atoms with Crippen molar-refractivity contribution in [2.45, 2.75) is 12.5 Å². The number of halogens is 3. The Morgan fingerprint density at radius 2 is 2.00 bits per heavy atom. The highest BCUT2D eigenvalue weighted by Crippen LogP contribution is 2.41. The van der Waals surface area contributed by atoms with E-state index < -0.39 is 11.9 Å². The predicted octanol–water partition coefficient (Wildman–Crippen LogP) is 5.68. The summed E-state index contributed by atoms with van der Waals surface area (Å²) in [6, 6.07) is 7.96. The molecule has 1 aliphatic heterocycles. The minimum absolute atomic E-state index is 0.136. The monoisotopic (exact) mass is 603 g/mol. The van der Waals surface area contributed by atoms with E-state index in [9.17, 15) is 9.18 Å². The van der Waals surface area contributed by atoms with Crippen LogP contribution in [0.5, 0.6) is 5.75 Å². The smallest absolute Gasteiger partial charge is 0.247 e. The summed E-state index contributed by atoms with van der Waals surface area (Å²) in [4.78, 5) is 30.9. The normalized spacial score (nSPS) is 14.7. The average Bonchev–Trinajstić information content (AvgIpc) is 3.44. The molecular weight excluding hydrogens is 572 g/mol. The van der Waals surface area contributed by atoms with Crippen LogP contribution < -0.4 is 25.3 Å². The van der Waals surface area contributed by atoms with Crippen LogP contribution in [0, 0.1) is 5.82 Å². The van der Waals surface area contributed by atoms with Crippen molar-refractivity contribution in [1.29, 1.82) is 0 Å². The fourth-order valence-corrected chi connectivity index (χ4v) is 4.67. The van der Waals surface area contributed by atoms with E-state index in [1.54, 1.807) is 31.4 Å². The highest BCUT2D eigenvalue weighted by atomic mass is 35.5. The second-order valence-electron chi connectivity index (χ2n) is 9.60. The summed E-state index contributed by atoms with van der Waals surface area (Å²) in [6.07, 6.45) is 3.10. The molecule has 2 N–H and O–H groups in total. The number of hydroxylamine groups is 1. The van der Waals surface area contributed by atoms with Crippen molar-refractivity contribution in [3.63, 3.8) is 0 Å². The van der Waals surface area contributed by atoms with E-state index in [1.807, 2.05) is 32.1 Å². The summed E-state index contributed by atoms with van der Waals surface area (Å²) < 4.78 is 20.7. The number of rotatable bonds is 11. The molecule has 0 saturated carbocycles. The third kappa shape index (κ3) is 6.99. The minimum Gasteiger partial charge on any atom is -0.494 e. The summed E-state index contributed by atoms with van der Waals surface area (Å²) in [5.41, 5.74) is 2.23. The van der Waals surface area contributed by atoms with Gasteiger partial charge in [-0.2, -0.15) is 0 Å². The van der Waals surface area contributed by atoms with Gasteiger partial charge in [0.1, 0.15) is 23.7 Å². The molecule has 0 unspecified atom stereocenters. The summed E-state index contributed by atoms with van der Waals surface area (Å²) in [7, 11) is 7.49. The predicted molar refractivity (Wildman–Crippen MR) is 161 cm³/mol. The third-order valence-electron chi connectivity index (χ3n) is 6.52. The number of hydrogen-bond donors (Lipinski definition) is 2. The number of nitrogens with one attached hydrogen (secondary N) is 2. The molecule has 218 valence electrons. The lowest BCUT2D eigenvalue weighted by atomic mass is 10.0. The van der Waals surface area contributed by atoms with E-state index in [-0.39, 0.29) is 16.0 Å². The Morgan fingerprint density at radius 1 is 1.22 bits per heavy atom. The van der Waals surface area contributed by atoms with Crippen LogP contribution in [0.4, 0.5) is 33.1 Å². The molecule has 41 heavy (non-hydrogen) atoms. The van der Waals surface area contributed by atoms with Gasteiger partial charge in [-0.3, -0.25) is 9.63 Å². The Balaban J connectivity index is 1.65. The van der Waals surface area contributed by atoms with Crippen molar-refractivity contribution in [2.75, 3.05) is 68.5 Å². The fourth-order valence-electron chi connectivity index (χ4n) is 4.36. The van der Waals surface area contributed by atoms with E-state index in [2.05, 4.69) is 32.1 Å². The zero-order valence-electron chi connectivity index (χ0n) is 23.2. The first-order valence-electron chi connectivity index (χ1n) is 12.8. The number of nitrogens with zero attached hydrogens (tertiary/aromatic N) is 5. The number of anilines is 5. The van der Waals surface area contributed by atoms with Crippen molar-refractivity contribution in [3.05, 3.63) is 70.7 Å². The zero-order valence-corrected chi connectivity index (χ0v) is 24.8. The van der Waals surface area contributed by atoms with Gasteiger partial charge in [0.25, 0.3) is 0 Å². The van der Waals surface area contributed by atoms with E-state index in [0.717, 1.165) is 12.2 Å². The van der Waals surface area contributed by atoms with E-state index in [4.69, 9.17) is 32.8 Å². The number of ether oxygens (including phenoxy) is 1. The highest BCUT2D eigenvalue weighted by Gasteiger charge is 2.32. The van der Waals surface area contributed by atoms with E-state index in [1.165, 1.54) is 17.5 Å². The molecule has 13 heteroatoms. The van der Waals surface area contributed by atoms with Gasteiger partial charge >= 0.3 is 0 Å². The molecule has 1 aromatic heterocycles. The summed E-state index contributed by atoms with van der Waals surface area (Å²) in [5, 5.41) is 7.65. The van der Waals surface area contributed by atoms with Gasteiger partial charge in [0, 0.05) is 44.3 Å². The Bertz CT molecular complexity index is 1430. The standard InChI is InChI=1S/C28H32Cl2FN7O3/c1-6-26(39)35-19-13-20(23(40-5)14-22(19)37(4)11-10-36(2)3)34-24-15-25(33-16-32-24)38-21(9-12-41-38)17-7-8-18(29)27(30)28(17)31/h6-8,13-16,21H,1,9-12H2,2-5H3,(H,35,39)(H,32,33,34)/t21-/m1/s1. The number of methoxy groups -OCH3 is 1. The molecule has 1 amide bonds. The quantitative estimate of drug-likeness (QED) is 0.212. The van der Waals surface area contributed by atoms with Crippen molar-refractivity contribution >= 4 is 57.8 Å². The lowest BCUT2D eigenvalue weighted by Crippen LogP contribution is -2.29. The van der Waals surface area contributed by atoms with Crippen LogP contribution in [0.1, 0.15) is 18.0 Å². The summed E-state index contributed by atoms with van der Waals surface area (Å²) in [6.45, 7) is 5.44. The first-order valence-corrected chi connectivity index (χ1v) is 13.5. The second kappa shape index (κ2) is 13.3. The molecule has 1 aliphatic rings. The summed E-state index contributed by atoms with van der Waals surface area (Å²) >= 11 is 12.0. The van der Waals surface area contributed by atoms with Gasteiger partial charge in [-0.15, -0.1) is 0 Å². The zero-order chi connectivity index (χ0) is 29.7. The van der Waals surface area contributed by atoms with Crippen LogP contribution >= 0.6 is 23.2 Å². The largest absolute Gasteiger partial charge is 0.494 e. The number of carbonyl (C=O) groups is 1. The van der Waals surface area contributed by atoms with Crippen molar-refractivity contribution < 1.29 is 18.8 Å². The Labute approximate surface area is 248 Å². The Kier molecular flexibility index (Phi) is 9.87. The van der Waals surface area contributed by atoms with Gasteiger partial charge < -0.3 is 25.2 Å². The molecule has 4 rings (SSSR count). The van der Waals surface area contributed by atoms with Crippen molar-refractivity contribution in [1.82, 2.24) is 14.9 Å². The molecule has 0 radical (unpaired) electrons. The molecular formula is C28H32Cl2FN7O3. The number of likely N-dealkylation sites (N-methyl/N-ethyl adjacent to an activating group) is 2. The van der Waals surface area contributed by atoms with Gasteiger partial charge in [-0.25, -0.2) is 19.4 Å². The molecule has 1 atom stereocenters. The number of benzene rings is 2. The van der Waals surface area contributed by atoms with Crippen molar-refractivity contribution in [3.8, 4) is 5.75 Å². The fraction of sp³-hybridized carbons (Fsp3) is 0.321. The van der Waals surface area contributed by atoms with Crippen LogP contribution in [-0.4, -0.2) is 68.7 Å². The SMILES string of the molecule is C=CC(=O)Nc1cc(Nc2cc(N3OCC[C@@H]3c3ccc(Cl)c(Cl)c3F)ncn2)c(OC)cc1N(C)CCN(C)C. The maximum atomic E-state index is 15.0. The van der Waals surface area contributed by atoms with Gasteiger partial charge in [0.05, 0.1) is 46.9 Å². The Hall–Kier alpha value is -3.64. The van der Waals surface area contributed by atoms with Gasteiger partial charge in [0.15, 0.2) is 5.82 Å². The topological polar surface area (TPSA) is 95.1 Å². The van der Waals surface area contributed by atoms with Gasteiger partial charge in [0.2, 0.25) is 5.91 Å². The molecule has 2 heterocycles. The number of aromatic nitrogens is 2. The molecule has 3 aromatic rings. The molecule has 0 bridgehead atoms. The highest BCUT2D eigenvalue weighted by molar-refractivity contribution is 6.42. The van der Waals surface area contributed by atoms with Crippen LogP contribution in [0.2, 0.25) is 10.0 Å². The molecule has 0 spiro atoms. The second-order valence-corrected chi connectivity index (χ2v) is 10.4. The number of hydrogen-bond acceptors (Lipinski definition) is 9. The van der Waals surface area contributed by atoms with E-state index in [0.29, 0.717) is 53.9 Å². The lowest BCUT2D eigenvalue weighted by Gasteiger charge is -2.26. The first-order chi connectivity index (χ1) is 19.6. The summed E-state index contributed by atoms with van der Waals surface area (Å²) in [5.74, 6) is 0.421. The van der Waals surface area contributed by atoms with Crippen LogP contribution in [0.15, 0.2) is 49.3 Å². The van der Waals surface area contributed by atoms with Crippen LogP contribution in [0.25, 0.3) is 0 Å².